The Bertz CT molecular complexity index is 2090. The van der Waals surface area contributed by atoms with Gasteiger partial charge < -0.3 is 9.72 Å². The molecule has 3 heterocycles. The molecule has 1 aromatic heterocycles. The number of nitrogens with one attached hydrogen (secondary N) is 1. The van der Waals surface area contributed by atoms with Crippen LogP contribution in [0.2, 0.25) is 5.02 Å². The lowest BCUT2D eigenvalue weighted by atomic mass is 9.68. The molecule has 15 heteroatoms. The van der Waals surface area contributed by atoms with Gasteiger partial charge in [-0.2, -0.15) is 13.2 Å². The number of fused-ring (bicyclic) bond motifs is 9. The highest BCUT2D eigenvalue weighted by atomic mass is 35.5. The van der Waals surface area contributed by atoms with Crippen molar-refractivity contribution >= 4 is 57.9 Å². The molecule has 3 fully saturated rings. The summed E-state index contributed by atoms with van der Waals surface area (Å²) in [5.41, 5.74) is -0.533. The second kappa shape index (κ2) is 11.2. The van der Waals surface area contributed by atoms with E-state index in [1.165, 1.54) is 42.1 Å². The average molecular weight is 714 g/mol. The van der Waals surface area contributed by atoms with Crippen LogP contribution in [0.5, 0.6) is 5.75 Å². The predicted octanol–water partition coefficient (Wildman–Crippen LogP) is 7.27. The third-order valence-electron chi connectivity index (χ3n) is 10.00. The first-order valence-corrected chi connectivity index (χ1v) is 17.1. The number of hydrogen-bond acceptors (Lipinski definition) is 8. The minimum atomic E-state index is -4.79. The van der Waals surface area contributed by atoms with Crippen molar-refractivity contribution in [1.29, 1.82) is 0 Å². The zero-order valence-electron chi connectivity index (χ0n) is 24.5. The number of carbonyl (C=O) groups is 2. The van der Waals surface area contributed by atoms with Crippen LogP contribution in [0.4, 0.5) is 24.5 Å². The Balaban J connectivity index is 1.22. The summed E-state index contributed by atoms with van der Waals surface area (Å²) in [7, 11) is 0. The normalized spacial score (nSPS) is 27.2. The summed E-state index contributed by atoms with van der Waals surface area (Å²) in [5.74, 6) is -4.50. The molecule has 0 spiro atoms. The highest BCUT2D eigenvalue weighted by Crippen LogP contribution is 2.69. The Kier molecular flexibility index (Phi) is 7.27. The number of carbonyl (C=O) groups excluding carboxylic acids is 2. The summed E-state index contributed by atoms with van der Waals surface area (Å²) >= 11 is 8.54. The second-order valence-electron chi connectivity index (χ2n) is 12.4. The fourth-order valence-corrected chi connectivity index (χ4v) is 11.4. The van der Waals surface area contributed by atoms with Crippen LogP contribution in [0, 0.1) is 39.7 Å². The van der Waals surface area contributed by atoms with Gasteiger partial charge in [-0.05, 0) is 60.1 Å². The minimum Gasteiger partial charge on any atom is -0.489 e. The number of ether oxygens (including phenoxy) is 1. The van der Waals surface area contributed by atoms with Crippen molar-refractivity contribution in [2.45, 2.75) is 35.4 Å². The number of aromatic amines is 1. The molecule has 246 valence electrons. The van der Waals surface area contributed by atoms with E-state index < -0.39 is 57.8 Å². The van der Waals surface area contributed by atoms with Crippen molar-refractivity contribution in [1.82, 2.24) is 4.98 Å². The Morgan fingerprint density at radius 1 is 1.00 bits per heavy atom. The van der Waals surface area contributed by atoms with E-state index in [0.717, 1.165) is 29.0 Å². The molecule has 8 rings (SSSR count). The number of amides is 2. The number of anilines is 1. The number of imide groups is 1. The minimum absolute atomic E-state index is 0.0917. The van der Waals surface area contributed by atoms with Gasteiger partial charge in [-0.1, -0.05) is 47.2 Å². The summed E-state index contributed by atoms with van der Waals surface area (Å²) in [6, 6.07) is 15.9. The maximum Gasteiger partial charge on any atom is 0.418 e. The highest BCUT2D eigenvalue weighted by Gasteiger charge is 2.70. The number of aromatic nitrogens is 1. The summed E-state index contributed by atoms with van der Waals surface area (Å²) in [5, 5.41) is 12.8. The third kappa shape index (κ3) is 4.78. The molecule has 4 aromatic rings. The van der Waals surface area contributed by atoms with Gasteiger partial charge in [-0.25, -0.2) is 4.90 Å². The Morgan fingerprint density at radius 2 is 1.75 bits per heavy atom. The van der Waals surface area contributed by atoms with Gasteiger partial charge in [0.2, 0.25) is 11.8 Å². The van der Waals surface area contributed by atoms with Crippen LogP contribution in [0.25, 0.3) is 0 Å². The van der Waals surface area contributed by atoms with Crippen molar-refractivity contribution < 1.29 is 32.4 Å². The van der Waals surface area contributed by atoms with Gasteiger partial charge in [0.25, 0.3) is 5.69 Å². The zero-order chi connectivity index (χ0) is 33.6. The van der Waals surface area contributed by atoms with E-state index in [4.69, 9.17) is 16.3 Å². The first-order chi connectivity index (χ1) is 22.9. The number of thiazole rings is 1. The van der Waals surface area contributed by atoms with Crippen LogP contribution in [-0.2, 0) is 22.4 Å². The smallest absolute Gasteiger partial charge is 0.418 e. The maximum atomic E-state index is 14.1. The van der Waals surface area contributed by atoms with Crippen molar-refractivity contribution in [3.63, 3.8) is 0 Å². The molecule has 48 heavy (non-hydrogen) atoms. The van der Waals surface area contributed by atoms with Crippen LogP contribution in [0.1, 0.15) is 33.9 Å². The zero-order valence-corrected chi connectivity index (χ0v) is 26.9. The van der Waals surface area contributed by atoms with E-state index in [-0.39, 0.29) is 34.3 Å². The van der Waals surface area contributed by atoms with Crippen LogP contribution >= 0.6 is 34.7 Å². The van der Waals surface area contributed by atoms with Gasteiger partial charge in [0, 0.05) is 38.8 Å². The molecule has 0 unspecified atom stereocenters. The molecule has 1 N–H and O–H groups in total. The fourth-order valence-electron chi connectivity index (χ4n) is 8.32. The number of hydrogen-bond donors (Lipinski definition) is 1. The topological polar surface area (TPSA) is 123 Å². The molecule has 9 nitrogen and oxygen atoms in total. The standard InChI is InChI=1S/C33H23ClF3N3O6S2/c34-15-5-3-4-14(10-15)13-46-22-9-8-16(40(44)45)11-17(22)23-24-18-12-19(27(24)47-29-28(23)48-32(43)38-29)26-25(18)30(41)39(31(26)42)21-7-2-1-6-20(21)33(35,36)37/h1-11,18-19,23-27H,12-13H2,(H,38,43)/t18-,19-,23+,24+,25+,26+,27-/m1/s1. The van der Waals surface area contributed by atoms with Gasteiger partial charge >= 0.3 is 11.0 Å². The van der Waals surface area contributed by atoms with Gasteiger partial charge in [0.1, 0.15) is 12.4 Å². The highest BCUT2D eigenvalue weighted by molar-refractivity contribution is 8.00. The number of nitrogens with zero attached hydrogens (tertiary/aromatic N) is 2. The van der Waals surface area contributed by atoms with E-state index in [1.807, 2.05) is 6.07 Å². The lowest BCUT2D eigenvalue weighted by Crippen LogP contribution is -2.42. The molecular weight excluding hydrogens is 691 g/mol. The maximum absolute atomic E-state index is 14.1. The van der Waals surface area contributed by atoms with Crippen molar-refractivity contribution in [3.05, 3.63) is 113 Å². The monoisotopic (exact) mass is 713 g/mol. The molecule has 2 amide bonds. The molecule has 2 saturated carbocycles. The summed E-state index contributed by atoms with van der Waals surface area (Å²) in [6.07, 6.45) is -4.31. The number of para-hydroxylation sites is 1. The van der Waals surface area contributed by atoms with E-state index in [2.05, 4.69) is 4.98 Å². The van der Waals surface area contributed by atoms with Crippen molar-refractivity contribution in [3.8, 4) is 5.75 Å². The first-order valence-electron chi connectivity index (χ1n) is 15.0. The van der Waals surface area contributed by atoms with Crippen molar-refractivity contribution in [2.24, 2.45) is 29.6 Å². The number of thioether (sulfide) groups is 1. The molecule has 4 aliphatic rings. The van der Waals surface area contributed by atoms with E-state index in [9.17, 15) is 37.7 Å². The fraction of sp³-hybridized carbons (Fsp3) is 0.303. The number of alkyl halides is 3. The molecule has 7 atom stereocenters. The molecule has 0 radical (unpaired) electrons. The number of nitro groups is 1. The molecule has 3 aromatic carbocycles. The first kappa shape index (κ1) is 31.1. The molecule has 2 aliphatic heterocycles. The largest absolute Gasteiger partial charge is 0.489 e. The van der Waals surface area contributed by atoms with Gasteiger partial charge in [0.15, 0.2) is 0 Å². The van der Waals surface area contributed by atoms with Crippen LogP contribution in [0.3, 0.4) is 0 Å². The number of non-ortho nitro benzene ring substituents is 1. The van der Waals surface area contributed by atoms with Crippen molar-refractivity contribution in [2.75, 3.05) is 4.90 Å². The van der Waals surface area contributed by atoms with E-state index in [0.29, 0.717) is 37.6 Å². The van der Waals surface area contributed by atoms with Gasteiger partial charge in [0.05, 0.1) is 33.0 Å². The van der Waals surface area contributed by atoms with E-state index in [1.54, 1.807) is 18.2 Å². The Hall–Kier alpha value is -4.14. The second-order valence-corrected chi connectivity index (χ2v) is 15.0. The molecule has 2 bridgehead atoms. The molecule has 2 aliphatic carbocycles. The Morgan fingerprint density at radius 3 is 2.48 bits per heavy atom. The number of benzene rings is 3. The number of rotatable bonds is 6. The summed E-state index contributed by atoms with van der Waals surface area (Å²) < 4.78 is 48.3. The van der Waals surface area contributed by atoms with Gasteiger partial charge in [-0.3, -0.25) is 24.5 Å². The summed E-state index contributed by atoms with van der Waals surface area (Å²) in [6.45, 7) is 0.0917. The predicted molar refractivity (Wildman–Crippen MR) is 171 cm³/mol. The van der Waals surface area contributed by atoms with Gasteiger partial charge in [-0.15, -0.1) is 11.8 Å². The lowest BCUT2D eigenvalue weighted by molar-refractivity contribution is -0.385. The number of nitro benzene ring substituents is 1. The quantitative estimate of drug-likeness (QED) is 0.127. The molecular formula is C33H23ClF3N3O6S2. The average Bonchev–Trinajstić information content (AvgIpc) is 3.78. The van der Waals surface area contributed by atoms with Crippen LogP contribution in [-0.4, -0.2) is 27.0 Å². The SMILES string of the molecule is O=C1[C@H]2[C@H]3C[C@@H]([C@@H]2C(=O)N1c1ccccc1C(F)(F)F)[C@H]1[C@H](c2cc([N+](=O)[O-])ccc2OCc2cccc(Cl)c2)c2sc(=O)[nH]c2S[C@H]31. The Labute approximate surface area is 283 Å². The lowest BCUT2D eigenvalue weighted by Gasteiger charge is -2.43. The van der Waals surface area contributed by atoms with E-state index >= 15 is 0 Å². The van der Waals surface area contributed by atoms with Crippen LogP contribution < -0.4 is 14.5 Å². The summed E-state index contributed by atoms with van der Waals surface area (Å²) in [4.78, 5) is 56.1. The number of H-pyrrole nitrogens is 1. The third-order valence-corrected chi connectivity index (χ3v) is 12.8. The molecule has 1 saturated heterocycles. The number of halogens is 4. The van der Waals surface area contributed by atoms with Crippen LogP contribution in [0.15, 0.2) is 76.6 Å².